The quantitative estimate of drug-likeness (QED) is 0.597. The number of benzene rings is 1. The van der Waals surface area contributed by atoms with E-state index in [0.717, 1.165) is 25.0 Å². The van der Waals surface area contributed by atoms with Crippen molar-refractivity contribution in [1.29, 1.82) is 0 Å². The van der Waals surface area contributed by atoms with E-state index in [0.29, 0.717) is 17.7 Å². The zero-order valence-corrected chi connectivity index (χ0v) is 12.9. The lowest BCUT2D eigenvalue weighted by atomic mass is 10.2. The Labute approximate surface area is 125 Å². The van der Waals surface area contributed by atoms with Gasteiger partial charge in [-0.1, -0.05) is 20.3 Å². The molecular weight excluding hydrogens is 266 g/mol. The van der Waals surface area contributed by atoms with E-state index in [1.807, 2.05) is 6.92 Å². The van der Waals surface area contributed by atoms with Gasteiger partial charge in [-0.25, -0.2) is 5.43 Å². The van der Waals surface area contributed by atoms with Crippen LogP contribution in [0, 0.1) is 0 Å². The Bertz CT molecular complexity index is 507. The Morgan fingerprint density at radius 2 is 1.81 bits per heavy atom. The van der Waals surface area contributed by atoms with E-state index >= 15 is 0 Å². The number of hydrogen-bond donors (Lipinski definition) is 2. The van der Waals surface area contributed by atoms with Crippen molar-refractivity contribution in [2.45, 2.75) is 46.5 Å². The number of unbranched alkanes of at least 4 members (excludes halogenated alkanes) is 1. The summed E-state index contributed by atoms with van der Waals surface area (Å²) in [4.78, 5) is 23.2. The van der Waals surface area contributed by atoms with Crippen LogP contribution in [0.1, 0.15) is 56.8 Å². The number of carbonyl (C=O) groups is 2. The topological polar surface area (TPSA) is 70.6 Å². The predicted molar refractivity (Wildman–Crippen MR) is 85.5 cm³/mol. The molecule has 0 heterocycles. The van der Waals surface area contributed by atoms with Crippen molar-refractivity contribution in [2.24, 2.45) is 5.10 Å². The molecule has 1 aromatic rings. The van der Waals surface area contributed by atoms with Crippen molar-refractivity contribution in [3.05, 3.63) is 29.8 Å². The van der Waals surface area contributed by atoms with Crippen molar-refractivity contribution in [2.75, 3.05) is 5.32 Å². The predicted octanol–water partition coefficient (Wildman–Crippen LogP) is 3.33. The van der Waals surface area contributed by atoms with E-state index in [1.54, 1.807) is 31.2 Å². The van der Waals surface area contributed by atoms with Crippen LogP contribution in [0.15, 0.2) is 29.4 Å². The monoisotopic (exact) mass is 289 g/mol. The molecule has 0 radical (unpaired) electrons. The molecule has 1 rings (SSSR count). The second-order valence-electron chi connectivity index (χ2n) is 4.87. The van der Waals surface area contributed by atoms with E-state index in [2.05, 4.69) is 22.8 Å². The summed E-state index contributed by atoms with van der Waals surface area (Å²) in [7, 11) is 0. The van der Waals surface area contributed by atoms with Crippen molar-refractivity contribution >= 4 is 23.2 Å². The first-order valence-electron chi connectivity index (χ1n) is 7.30. The number of hydrazone groups is 1. The zero-order chi connectivity index (χ0) is 15.7. The highest BCUT2D eigenvalue weighted by Crippen LogP contribution is 2.10. The molecule has 0 aromatic heterocycles. The number of rotatable bonds is 7. The van der Waals surface area contributed by atoms with Gasteiger partial charge in [-0.3, -0.25) is 9.59 Å². The minimum Gasteiger partial charge on any atom is -0.326 e. The molecular formula is C16H23N3O2. The summed E-state index contributed by atoms with van der Waals surface area (Å²) in [5.74, 6) is -0.303. The molecule has 0 unspecified atom stereocenters. The number of nitrogens with one attached hydrogen (secondary N) is 2. The molecule has 114 valence electrons. The van der Waals surface area contributed by atoms with E-state index in [9.17, 15) is 9.59 Å². The number of hydrogen-bond acceptors (Lipinski definition) is 3. The highest BCUT2D eigenvalue weighted by molar-refractivity contribution is 5.96. The van der Waals surface area contributed by atoms with Gasteiger partial charge in [-0.15, -0.1) is 0 Å². The maximum atomic E-state index is 11.9. The molecule has 0 atom stereocenters. The Morgan fingerprint density at radius 3 is 2.38 bits per heavy atom. The van der Waals surface area contributed by atoms with Gasteiger partial charge in [0.15, 0.2) is 0 Å². The van der Waals surface area contributed by atoms with Crippen molar-refractivity contribution < 1.29 is 9.59 Å². The molecule has 0 aliphatic rings. The van der Waals surface area contributed by atoms with Gasteiger partial charge in [0.05, 0.1) is 0 Å². The van der Waals surface area contributed by atoms with Gasteiger partial charge in [0, 0.05) is 23.4 Å². The first-order valence-corrected chi connectivity index (χ1v) is 7.30. The fraction of sp³-hybridized carbons (Fsp3) is 0.438. The highest BCUT2D eigenvalue weighted by Gasteiger charge is 2.05. The van der Waals surface area contributed by atoms with Crippen molar-refractivity contribution in [3.8, 4) is 0 Å². The summed E-state index contributed by atoms with van der Waals surface area (Å²) in [6, 6.07) is 6.74. The van der Waals surface area contributed by atoms with E-state index in [1.165, 1.54) is 0 Å². The van der Waals surface area contributed by atoms with Crippen LogP contribution in [-0.4, -0.2) is 17.5 Å². The fourth-order valence-corrected chi connectivity index (χ4v) is 1.65. The van der Waals surface area contributed by atoms with Gasteiger partial charge in [0.25, 0.3) is 5.91 Å². The molecule has 0 bridgehead atoms. The normalized spacial score (nSPS) is 11.1. The molecule has 5 heteroatoms. The van der Waals surface area contributed by atoms with Gasteiger partial charge in [0.1, 0.15) is 0 Å². The highest BCUT2D eigenvalue weighted by atomic mass is 16.2. The summed E-state index contributed by atoms with van der Waals surface area (Å²) in [5.41, 5.74) is 4.65. The molecule has 0 spiro atoms. The van der Waals surface area contributed by atoms with Gasteiger partial charge in [0.2, 0.25) is 5.91 Å². The molecule has 0 saturated carbocycles. The van der Waals surface area contributed by atoms with Crippen LogP contribution in [0.5, 0.6) is 0 Å². The van der Waals surface area contributed by atoms with Gasteiger partial charge in [-0.05, 0) is 44.0 Å². The van der Waals surface area contributed by atoms with E-state index < -0.39 is 0 Å². The summed E-state index contributed by atoms with van der Waals surface area (Å²) in [5, 5.41) is 6.80. The molecule has 2 amide bonds. The molecule has 0 saturated heterocycles. The van der Waals surface area contributed by atoms with E-state index in [-0.39, 0.29) is 11.8 Å². The molecule has 2 N–H and O–H groups in total. The lowest BCUT2D eigenvalue weighted by Gasteiger charge is -2.05. The standard InChI is InChI=1S/C16H23N3O2/c1-4-6-7-12(3)18-19-16(21)13-8-10-14(11-9-13)17-15(20)5-2/h8-11H,4-7H2,1-3H3,(H,17,20)(H,19,21)/b18-12-. The third-order valence-electron chi connectivity index (χ3n) is 2.99. The minimum absolute atomic E-state index is 0.0525. The average Bonchev–Trinajstić information content (AvgIpc) is 2.51. The Hall–Kier alpha value is -2.17. The van der Waals surface area contributed by atoms with Crippen LogP contribution in [0.2, 0.25) is 0 Å². The number of anilines is 1. The lowest BCUT2D eigenvalue weighted by molar-refractivity contribution is -0.115. The molecule has 5 nitrogen and oxygen atoms in total. The summed E-state index contributed by atoms with van der Waals surface area (Å²) in [6.07, 6.45) is 3.48. The van der Waals surface area contributed by atoms with Crippen LogP contribution in [0.25, 0.3) is 0 Å². The van der Waals surface area contributed by atoms with Crippen LogP contribution in [0.4, 0.5) is 5.69 Å². The van der Waals surface area contributed by atoms with Crippen LogP contribution < -0.4 is 10.7 Å². The molecule has 0 aliphatic heterocycles. The SMILES string of the molecule is CCCC/C(C)=N\NC(=O)c1ccc(NC(=O)CC)cc1. The smallest absolute Gasteiger partial charge is 0.271 e. The minimum atomic E-state index is -0.251. The Morgan fingerprint density at radius 1 is 1.14 bits per heavy atom. The fourth-order valence-electron chi connectivity index (χ4n) is 1.65. The van der Waals surface area contributed by atoms with Gasteiger partial charge >= 0.3 is 0 Å². The number of carbonyl (C=O) groups excluding carboxylic acids is 2. The number of amides is 2. The first kappa shape index (κ1) is 16.9. The zero-order valence-electron chi connectivity index (χ0n) is 12.9. The van der Waals surface area contributed by atoms with Gasteiger partial charge in [-0.2, -0.15) is 5.10 Å². The van der Waals surface area contributed by atoms with Crippen LogP contribution in [0.3, 0.4) is 0 Å². The van der Waals surface area contributed by atoms with Crippen LogP contribution >= 0.6 is 0 Å². The largest absolute Gasteiger partial charge is 0.326 e. The molecule has 21 heavy (non-hydrogen) atoms. The van der Waals surface area contributed by atoms with Crippen molar-refractivity contribution in [3.63, 3.8) is 0 Å². The average molecular weight is 289 g/mol. The first-order chi connectivity index (χ1) is 10.1. The second-order valence-corrected chi connectivity index (χ2v) is 4.87. The summed E-state index contributed by atoms with van der Waals surface area (Å²) < 4.78 is 0. The maximum Gasteiger partial charge on any atom is 0.271 e. The second kappa shape index (κ2) is 8.89. The Balaban J connectivity index is 2.57. The molecule has 0 aliphatic carbocycles. The third kappa shape index (κ3) is 6.21. The van der Waals surface area contributed by atoms with Crippen molar-refractivity contribution in [1.82, 2.24) is 5.43 Å². The maximum absolute atomic E-state index is 11.9. The van der Waals surface area contributed by atoms with Crippen LogP contribution in [-0.2, 0) is 4.79 Å². The third-order valence-corrected chi connectivity index (χ3v) is 2.99. The number of nitrogens with zero attached hydrogens (tertiary/aromatic N) is 1. The van der Waals surface area contributed by atoms with E-state index in [4.69, 9.17) is 0 Å². The Kier molecular flexibility index (Phi) is 7.15. The molecule has 0 fully saturated rings. The summed E-state index contributed by atoms with van der Waals surface area (Å²) in [6.45, 7) is 5.81. The molecule has 1 aromatic carbocycles. The van der Waals surface area contributed by atoms with Gasteiger partial charge < -0.3 is 5.32 Å². The summed E-state index contributed by atoms with van der Waals surface area (Å²) >= 11 is 0. The lowest BCUT2D eigenvalue weighted by Crippen LogP contribution is -2.19.